The van der Waals surface area contributed by atoms with Crippen molar-refractivity contribution in [3.05, 3.63) is 34.4 Å². The van der Waals surface area contributed by atoms with Crippen molar-refractivity contribution in [2.75, 3.05) is 0 Å². The van der Waals surface area contributed by atoms with E-state index in [4.69, 9.17) is 0 Å². The third-order valence-corrected chi connectivity index (χ3v) is 3.49. The molecule has 14 heavy (non-hydrogen) atoms. The van der Waals surface area contributed by atoms with Crippen LogP contribution in [0.5, 0.6) is 0 Å². The normalized spacial score (nSPS) is 15.3. The van der Waals surface area contributed by atoms with Gasteiger partial charge in [0.2, 0.25) is 0 Å². The molecule has 2 rings (SSSR count). The Morgan fingerprint density at radius 1 is 0.857 bits per heavy atom. The molecular formula is C14H20. The minimum absolute atomic E-state index is 1.20. The molecule has 0 saturated heterocycles. The maximum Gasteiger partial charge on any atom is -0.0273 e. The van der Waals surface area contributed by atoms with E-state index in [1.54, 1.807) is 22.3 Å². The van der Waals surface area contributed by atoms with Gasteiger partial charge in [0.15, 0.2) is 0 Å². The molecule has 0 atom stereocenters. The summed E-state index contributed by atoms with van der Waals surface area (Å²) in [5, 5.41) is 0. The van der Waals surface area contributed by atoms with Crippen molar-refractivity contribution < 1.29 is 0 Å². The van der Waals surface area contributed by atoms with E-state index >= 15 is 0 Å². The van der Waals surface area contributed by atoms with Crippen molar-refractivity contribution in [3.63, 3.8) is 0 Å². The summed E-state index contributed by atoms with van der Waals surface area (Å²) in [5.74, 6) is 0. The Labute approximate surface area is 87.3 Å². The van der Waals surface area contributed by atoms with Crippen LogP contribution in [0.4, 0.5) is 0 Å². The van der Waals surface area contributed by atoms with Gasteiger partial charge in [-0.3, -0.25) is 0 Å². The highest BCUT2D eigenvalue weighted by atomic mass is 14.2. The number of hydrogen-bond acceptors (Lipinski definition) is 0. The summed E-state index contributed by atoms with van der Waals surface area (Å²) in [7, 11) is 0. The number of benzene rings is 1. The van der Waals surface area contributed by atoms with Gasteiger partial charge < -0.3 is 0 Å². The molecule has 1 aromatic carbocycles. The zero-order valence-electron chi connectivity index (χ0n) is 9.40. The molecule has 0 unspecified atom stereocenters. The highest BCUT2D eigenvalue weighted by Gasteiger charge is 2.14. The second kappa shape index (κ2) is 4.16. The van der Waals surface area contributed by atoms with E-state index in [9.17, 15) is 0 Å². The lowest BCUT2D eigenvalue weighted by Gasteiger charge is -2.22. The van der Waals surface area contributed by atoms with E-state index in [0.717, 1.165) is 0 Å². The molecular weight excluding hydrogens is 168 g/mol. The fourth-order valence-electron chi connectivity index (χ4n) is 2.68. The lowest BCUT2D eigenvalue weighted by atomic mass is 9.84. The lowest BCUT2D eigenvalue weighted by molar-refractivity contribution is 0.672. The van der Waals surface area contributed by atoms with Gasteiger partial charge in [0.25, 0.3) is 0 Å². The molecule has 76 valence electrons. The van der Waals surface area contributed by atoms with Crippen molar-refractivity contribution >= 4 is 0 Å². The molecule has 0 heteroatoms. The average molecular weight is 188 g/mol. The first-order valence-corrected chi connectivity index (χ1v) is 5.99. The molecule has 0 N–H and O–H groups in total. The maximum absolute atomic E-state index is 2.35. The first-order chi connectivity index (χ1) is 6.86. The standard InChI is InChI=1S/C14H20/c1-3-11-9-10-12(4-2)14-8-6-5-7-13(11)14/h9-10H,3-8H2,1-2H3. The van der Waals surface area contributed by atoms with Crippen molar-refractivity contribution in [3.8, 4) is 0 Å². The summed E-state index contributed by atoms with van der Waals surface area (Å²) in [4.78, 5) is 0. The predicted octanol–water partition coefficient (Wildman–Crippen LogP) is 3.69. The van der Waals surface area contributed by atoms with Crippen LogP contribution in [0.25, 0.3) is 0 Å². The van der Waals surface area contributed by atoms with E-state index in [-0.39, 0.29) is 0 Å². The van der Waals surface area contributed by atoms with Crippen LogP contribution in [-0.2, 0) is 25.7 Å². The Kier molecular flexibility index (Phi) is 2.90. The van der Waals surface area contributed by atoms with Crippen molar-refractivity contribution in [2.45, 2.75) is 52.4 Å². The van der Waals surface area contributed by atoms with Crippen LogP contribution >= 0.6 is 0 Å². The number of hydrogen-bond donors (Lipinski definition) is 0. The van der Waals surface area contributed by atoms with E-state index in [1.165, 1.54) is 38.5 Å². The van der Waals surface area contributed by atoms with E-state index in [1.807, 2.05) is 0 Å². The van der Waals surface area contributed by atoms with Crippen molar-refractivity contribution in [2.24, 2.45) is 0 Å². The lowest BCUT2D eigenvalue weighted by Crippen LogP contribution is -2.09. The molecule has 0 nitrogen and oxygen atoms in total. The molecule has 0 saturated carbocycles. The summed E-state index contributed by atoms with van der Waals surface area (Å²) >= 11 is 0. The molecule has 0 heterocycles. The van der Waals surface area contributed by atoms with Crippen LogP contribution in [0.15, 0.2) is 12.1 Å². The summed E-state index contributed by atoms with van der Waals surface area (Å²) in [5.41, 5.74) is 6.57. The van der Waals surface area contributed by atoms with Gasteiger partial charge in [0, 0.05) is 0 Å². The average Bonchev–Trinajstić information content (AvgIpc) is 2.27. The highest BCUT2D eigenvalue weighted by molar-refractivity contribution is 5.42. The Hall–Kier alpha value is -0.780. The third kappa shape index (κ3) is 1.58. The number of rotatable bonds is 2. The van der Waals surface area contributed by atoms with Crippen LogP contribution in [0.2, 0.25) is 0 Å². The van der Waals surface area contributed by atoms with Gasteiger partial charge in [-0.1, -0.05) is 26.0 Å². The highest BCUT2D eigenvalue weighted by Crippen LogP contribution is 2.28. The Bertz CT molecular complexity index is 290. The fourth-order valence-corrected chi connectivity index (χ4v) is 2.68. The second-order valence-corrected chi connectivity index (χ2v) is 4.26. The smallest absolute Gasteiger partial charge is 0.0273 e. The van der Waals surface area contributed by atoms with Crippen LogP contribution in [-0.4, -0.2) is 0 Å². The largest absolute Gasteiger partial charge is 0.0613 e. The van der Waals surface area contributed by atoms with Gasteiger partial charge in [-0.25, -0.2) is 0 Å². The number of fused-ring (bicyclic) bond motifs is 1. The van der Waals surface area contributed by atoms with Crippen LogP contribution in [0.1, 0.15) is 48.9 Å². The van der Waals surface area contributed by atoms with Gasteiger partial charge in [0.1, 0.15) is 0 Å². The Morgan fingerprint density at radius 3 is 1.64 bits per heavy atom. The van der Waals surface area contributed by atoms with Gasteiger partial charge >= 0.3 is 0 Å². The monoisotopic (exact) mass is 188 g/mol. The summed E-state index contributed by atoms with van der Waals surface area (Å²) in [6.07, 6.45) is 7.84. The topological polar surface area (TPSA) is 0 Å². The van der Waals surface area contributed by atoms with Gasteiger partial charge in [-0.05, 0) is 60.8 Å². The quantitative estimate of drug-likeness (QED) is 0.664. The van der Waals surface area contributed by atoms with Crippen LogP contribution in [0.3, 0.4) is 0 Å². The summed E-state index contributed by atoms with van der Waals surface area (Å²) in [6, 6.07) is 4.70. The molecule has 0 radical (unpaired) electrons. The summed E-state index contributed by atoms with van der Waals surface area (Å²) < 4.78 is 0. The molecule has 0 fully saturated rings. The van der Waals surface area contributed by atoms with Crippen molar-refractivity contribution in [1.82, 2.24) is 0 Å². The Morgan fingerprint density at radius 2 is 1.29 bits per heavy atom. The van der Waals surface area contributed by atoms with Crippen molar-refractivity contribution in [1.29, 1.82) is 0 Å². The molecule has 0 spiro atoms. The summed E-state index contributed by atoms with van der Waals surface area (Å²) in [6.45, 7) is 4.55. The molecule has 0 bridgehead atoms. The Balaban J connectivity index is 2.50. The SMILES string of the molecule is CCc1ccc(CC)c2c1CCCC2. The third-order valence-electron chi connectivity index (χ3n) is 3.49. The van der Waals surface area contributed by atoms with E-state index in [2.05, 4.69) is 26.0 Å². The van der Waals surface area contributed by atoms with Gasteiger partial charge in [-0.15, -0.1) is 0 Å². The van der Waals surface area contributed by atoms with Gasteiger partial charge in [-0.2, -0.15) is 0 Å². The first-order valence-electron chi connectivity index (χ1n) is 5.99. The van der Waals surface area contributed by atoms with E-state index < -0.39 is 0 Å². The minimum atomic E-state index is 1.20. The second-order valence-electron chi connectivity index (χ2n) is 4.26. The minimum Gasteiger partial charge on any atom is -0.0613 e. The first kappa shape index (κ1) is 9.76. The van der Waals surface area contributed by atoms with E-state index in [0.29, 0.717) is 0 Å². The molecule has 1 aliphatic rings. The molecule has 0 aromatic heterocycles. The molecule has 0 aliphatic heterocycles. The molecule has 0 amide bonds. The zero-order valence-corrected chi connectivity index (χ0v) is 9.40. The van der Waals surface area contributed by atoms with Crippen LogP contribution < -0.4 is 0 Å². The maximum atomic E-state index is 2.35. The predicted molar refractivity (Wildman–Crippen MR) is 61.8 cm³/mol. The number of aryl methyl sites for hydroxylation is 2. The van der Waals surface area contributed by atoms with Crippen LogP contribution in [0, 0.1) is 0 Å². The fraction of sp³-hybridized carbons (Fsp3) is 0.571. The zero-order chi connectivity index (χ0) is 9.97. The molecule has 1 aromatic rings. The molecule has 1 aliphatic carbocycles. The van der Waals surface area contributed by atoms with Gasteiger partial charge in [0.05, 0.1) is 0 Å².